The zero-order valence-corrected chi connectivity index (χ0v) is 29.1. The first-order chi connectivity index (χ1) is 25.4. The number of carbonyl (C=O) groups is 2. The predicted octanol–water partition coefficient (Wildman–Crippen LogP) is 8.49. The lowest BCUT2D eigenvalue weighted by molar-refractivity contribution is 0.0730. The van der Waals surface area contributed by atoms with Crippen LogP contribution in [0.15, 0.2) is 144 Å². The number of rotatable bonds is 10. The zero-order chi connectivity index (χ0) is 35.9. The van der Waals surface area contributed by atoms with Crippen LogP contribution in [0.2, 0.25) is 0 Å². The molecule has 262 valence electrons. The quantitative estimate of drug-likeness (QED) is 0.113. The van der Waals surface area contributed by atoms with E-state index < -0.39 is 0 Å². The van der Waals surface area contributed by atoms with Crippen LogP contribution in [0, 0.1) is 5.92 Å². The minimum atomic E-state index is -0.292. The fraction of sp³-hybridized carbons (Fsp3) is 0.209. The average Bonchev–Trinajstić information content (AvgIpc) is 3.29. The molecule has 0 atom stereocenters. The average molecular weight is 690 g/mol. The number of aliphatic imine (C=N–C) groups is 1. The Hall–Kier alpha value is -6.22. The molecule has 9 nitrogen and oxygen atoms in total. The van der Waals surface area contributed by atoms with Crippen LogP contribution in [-0.4, -0.2) is 33.5 Å². The van der Waals surface area contributed by atoms with Crippen molar-refractivity contribution in [1.82, 2.24) is 9.91 Å². The van der Waals surface area contributed by atoms with Crippen molar-refractivity contribution in [2.24, 2.45) is 27.5 Å². The van der Waals surface area contributed by atoms with Crippen LogP contribution in [0.5, 0.6) is 0 Å². The second-order valence-corrected chi connectivity index (χ2v) is 13.4. The van der Waals surface area contributed by atoms with Crippen molar-refractivity contribution in [1.29, 1.82) is 0 Å². The molecule has 0 spiro atoms. The largest absolute Gasteiger partial charge is 0.370 e. The lowest BCUT2D eigenvalue weighted by Gasteiger charge is -2.28. The van der Waals surface area contributed by atoms with Crippen molar-refractivity contribution in [3.63, 3.8) is 0 Å². The zero-order valence-electron chi connectivity index (χ0n) is 29.1. The lowest BCUT2D eigenvalue weighted by Crippen LogP contribution is -2.37. The summed E-state index contributed by atoms with van der Waals surface area (Å²) in [6.45, 7) is 1.19. The first-order valence-electron chi connectivity index (χ1n) is 17.9. The fourth-order valence-corrected chi connectivity index (χ4v) is 7.12. The van der Waals surface area contributed by atoms with Crippen LogP contribution < -0.4 is 16.4 Å². The van der Waals surface area contributed by atoms with Crippen LogP contribution in [0.1, 0.15) is 64.7 Å². The van der Waals surface area contributed by atoms with E-state index in [0.717, 1.165) is 53.6 Å². The van der Waals surface area contributed by atoms with Crippen LogP contribution in [0.4, 0.5) is 21.9 Å². The minimum Gasteiger partial charge on any atom is -0.370 e. The van der Waals surface area contributed by atoms with Gasteiger partial charge in [0.25, 0.3) is 5.91 Å². The number of hydrazone groups is 1. The van der Waals surface area contributed by atoms with Crippen molar-refractivity contribution in [2.75, 3.05) is 4.90 Å². The SMILES string of the molecule is NC(N)=Nc1ccc(N2C(=O)N(Cc3ccccc3)N=C(C3CCCCC3)c3cc(C(=O)N(Cc4ccccc4)Cc4ccccc4)ccc32)cc1. The molecule has 0 aromatic heterocycles. The molecule has 5 aromatic carbocycles. The molecule has 1 fully saturated rings. The summed E-state index contributed by atoms with van der Waals surface area (Å²) in [4.78, 5) is 37.1. The van der Waals surface area contributed by atoms with Gasteiger partial charge in [0.15, 0.2) is 5.96 Å². The second kappa shape index (κ2) is 15.8. The first kappa shape index (κ1) is 34.2. The number of anilines is 2. The molecule has 3 amide bonds. The Bertz CT molecular complexity index is 2010. The van der Waals surface area contributed by atoms with Crippen LogP contribution >= 0.6 is 0 Å². The Labute approximate surface area is 304 Å². The van der Waals surface area contributed by atoms with E-state index in [1.807, 2.05) is 126 Å². The maximum atomic E-state index is 14.7. The van der Waals surface area contributed by atoms with Gasteiger partial charge in [-0.1, -0.05) is 110 Å². The molecule has 5 aromatic rings. The number of benzene rings is 5. The number of amides is 3. The third kappa shape index (κ3) is 7.89. The molecular weight excluding hydrogens is 647 g/mol. The van der Waals surface area contributed by atoms with E-state index in [2.05, 4.69) is 4.99 Å². The van der Waals surface area contributed by atoms with Crippen molar-refractivity contribution in [2.45, 2.75) is 51.7 Å². The van der Waals surface area contributed by atoms with E-state index in [-0.39, 0.29) is 23.8 Å². The molecule has 0 saturated heterocycles. The fourth-order valence-electron chi connectivity index (χ4n) is 7.12. The molecule has 0 bridgehead atoms. The highest BCUT2D eigenvalue weighted by molar-refractivity contribution is 6.15. The molecule has 9 heteroatoms. The highest BCUT2D eigenvalue weighted by Gasteiger charge is 2.35. The van der Waals surface area contributed by atoms with Crippen LogP contribution in [0.3, 0.4) is 0 Å². The Morgan fingerprint density at radius 2 is 1.31 bits per heavy atom. The predicted molar refractivity (Wildman–Crippen MR) is 207 cm³/mol. The normalized spacial score (nSPS) is 14.6. The number of hydrogen-bond acceptors (Lipinski definition) is 4. The number of nitrogens with zero attached hydrogens (tertiary/aromatic N) is 5. The van der Waals surface area contributed by atoms with Crippen LogP contribution in [0.25, 0.3) is 0 Å². The monoisotopic (exact) mass is 689 g/mol. The summed E-state index contributed by atoms with van der Waals surface area (Å²) in [5.41, 5.74) is 18.4. The lowest BCUT2D eigenvalue weighted by atomic mass is 9.82. The molecular formula is C43H43N7O2. The number of fused-ring (bicyclic) bond motifs is 1. The Kier molecular flexibility index (Phi) is 10.4. The smallest absolute Gasteiger partial charge is 0.349 e. The second-order valence-electron chi connectivity index (χ2n) is 13.4. The van der Waals surface area contributed by atoms with E-state index in [1.165, 1.54) is 6.42 Å². The van der Waals surface area contributed by atoms with E-state index in [4.69, 9.17) is 16.6 Å². The van der Waals surface area contributed by atoms with Gasteiger partial charge in [-0.25, -0.2) is 14.8 Å². The summed E-state index contributed by atoms with van der Waals surface area (Å²) >= 11 is 0. The highest BCUT2D eigenvalue weighted by atomic mass is 16.2. The number of nitrogens with two attached hydrogens (primary N) is 2. The maximum Gasteiger partial charge on any atom is 0.349 e. The summed E-state index contributed by atoms with van der Waals surface area (Å²) in [6.07, 6.45) is 5.27. The van der Waals surface area contributed by atoms with Gasteiger partial charge in [-0.15, -0.1) is 0 Å². The molecule has 2 aliphatic rings. The van der Waals surface area contributed by atoms with Gasteiger partial charge in [0.1, 0.15) is 0 Å². The molecule has 1 aliphatic heterocycles. The van der Waals surface area contributed by atoms with Crippen LogP contribution in [-0.2, 0) is 19.6 Å². The Morgan fingerprint density at radius 1 is 0.731 bits per heavy atom. The number of carbonyl (C=O) groups excluding carboxylic acids is 2. The number of urea groups is 1. The van der Waals surface area contributed by atoms with Crippen molar-refractivity contribution < 1.29 is 9.59 Å². The van der Waals surface area contributed by atoms with Crippen molar-refractivity contribution in [3.05, 3.63) is 161 Å². The third-order valence-electron chi connectivity index (χ3n) is 9.65. The third-order valence-corrected chi connectivity index (χ3v) is 9.65. The Morgan fingerprint density at radius 3 is 1.88 bits per heavy atom. The molecule has 1 aliphatic carbocycles. The molecule has 0 unspecified atom stereocenters. The molecule has 0 radical (unpaired) electrons. The molecule has 1 heterocycles. The summed E-state index contributed by atoms with van der Waals surface area (Å²) in [5, 5.41) is 6.78. The van der Waals surface area contributed by atoms with Gasteiger partial charge in [0, 0.05) is 30.1 Å². The van der Waals surface area contributed by atoms with E-state index in [9.17, 15) is 9.59 Å². The number of guanidine groups is 1. The van der Waals surface area contributed by atoms with Gasteiger partial charge in [-0.2, -0.15) is 5.10 Å². The summed E-state index contributed by atoms with van der Waals surface area (Å²) in [5.74, 6) is -0.00418. The van der Waals surface area contributed by atoms with Crippen molar-refractivity contribution in [3.8, 4) is 0 Å². The summed E-state index contributed by atoms with van der Waals surface area (Å²) < 4.78 is 0. The number of hydrogen-bond donors (Lipinski definition) is 2. The van der Waals surface area contributed by atoms with E-state index >= 15 is 0 Å². The van der Waals surface area contributed by atoms with Gasteiger partial charge >= 0.3 is 6.03 Å². The standard InChI is InChI=1S/C43H43N7O2/c44-42(45)46-36-22-24-37(25-23-36)50-39-26-21-35(41(51)48(28-31-13-5-1-6-14-31)29-32-15-7-2-8-16-32)27-38(39)40(34-19-11-4-12-20-34)47-49(43(50)52)30-33-17-9-3-10-18-33/h1-3,5-10,13-18,21-27,34H,4,11-12,19-20,28-30H2,(H4,44,45,46). The topological polar surface area (TPSA) is 121 Å². The van der Waals surface area contributed by atoms with Crippen molar-refractivity contribution >= 4 is 40.7 Å². The molecule has 1 saturated carbocycles. The van der Waals surface area contributed by atoms with Gasteiger partial charge in [0.05, 0.1) is 29.3 Å². The first-order valence-corrected chi connectivity index (χ1v) is 17.9. The summed E-state index contributed by atoms with van der Waals surface area (Å²) in [6, 6.07) is 42.6. The van der Waals surface area contributed by atoms with E-state index in [0.29, 0.717) is 42.3 Å². The minimum absolute atomic E-state index is 0.0470. The Balaban J connectivity index is 1.35. The van der Waals surface area contributed by atoms with Gasteiger partial charge in [0.2, 0.25) is 0 Å². The molecule has 4 N–H and O–H groups in total. The van der Waals surface area contributed by atoms with Gasteiger partial charge < -0.3 is 16.4 Å². The highest BCUT2D eigenvalue weighted by Crippen LogP contribution is 2.39. The van der Waals surface area contributed by atoms with Gasteiger partial charge in [-0.3, -0.25) is 9.69 Å². The maximum absolute atomic E-state index is 14.7. The van der Waals surface area contributed by atoms with Gasteiger partial charge in [-0.05, 0) is 72.0 Å². The molecule has 7 rings (SSSR count). The summed E-state index contributed by atoms with van der Waals surface area (Å²) in [7, 11) is 0. The molecule has 52 heavy (non-hydrogen) atoms. The van der Waals surface area contributed by atoms with E-state index in [1.54, 1.807) is 22.0 Å².